The van der Waals surface area contributed by atoms with Crippen LogP contribution in [0.5, 0.6) is 0 Å². The molecule has 0 heterocycles. The van der Waals surface area contributed by atoms with Crippen molar-refractivity contribution < 1.29 is 14.4 Å². The van der Waals surface area contributed by atoms with E-state index in [4.69, 9.17) is 0 Å². The van der Waals surface area contributed by atoms with E-state index in [1.165, 1.54) is 6.92 Å². The summed E-state index contributed by atoms with van der Waals surface area (Å²) in [4.78, 5) is 33.0. The molecule has 8 heteroatoms. The van der Waals surface area contributed by atoms with Gasteiger partial charge in [0.1, 0.15) is 0 Å². The zero-order valence-electron chi connectivity index (χ0n) is 10.2. The maximum Gasteiger partial charge on any atom is 0.230 e. The maximum absolute atomic E-state index is 11.2. The minimum atomic E-state index is -0.236. The number of thiol groups is 2. The fourth-order valence-corrected chi connectivity index (χ4v) is 1.42. The number of hydrogen-bond donors (Lipinski definition) is 5. The molecule has 0 radical (unpaired) electrons. The molecule has 1 atom stereocenters. The van der Waals surface area contributed by atoms with Crippen LogP contribution in [0.1, 0.15) is 13.3 Å². The third-order valence-electron chi connectivity index (χ3n) is 2.06. The molecule has 0 rings (SSSR count). The highest BCUT2D eigenvalue weighted by molar-refractivity contribution is 7.81. The van der Waals surface area contributed by atoms with Crippen LogP contribution in [0.2, 0.25) is 0 Å². The summed E-state index contributed by atoms with van der Waals surface area (Å²) in [5.74, 6) is -0.376. The fraction of sp³-hybridized carbons (Fsp3) is 0.700. The summed E-state index contributed by atoms with van der Waals surface area (Å²) in [7, 11) is 0. The summed E-state index contributed by atoms with van der Waals surface area (Å²) in [6.07, 6.45) is 0.534. The van der Waals surface area contributed by atoms with Gasteiger partial charge in [-0.25, -0.2) is 0 Å². The maximum atomic E-state index is 11.2. The Morgan fingerprint density at radius 3 is 2.17 bits per heavy atom. The van der Waals surface area contributed by atoms with E-state index in [2.05, 4.69) is 41.2 Å². The highest BCUT2D eigenvalue weighted by Crippen LogP contribution is 1.91. The van der Waals surface area contributed by atoms with Gasteiger partial charge in [-0.15, -0.1) is 0 Å². The number of nitrogens with one attached hydrogen (secondary N) is 3. The van der Waals surface area contributed by atoms with Crippen LogP contribution in [0.25, 0.3) is 0 Å². The van der Waals surface area contributed by atoms with Crippen molar-refractivity contribution in [1.29, 1.82) is 0 Å². The Balaban J connectivity index is 4.10. The van der Waals surface area contributed by atoms with Crippen LogP contribution in [-0.4, -0.2) is 48.4 Å². The molecule has 0 aliphatic carbocycles. The number of rotatable bonds is 8. The van der Waals surface area contributed by atoms with Crippen LogP contribution in [0.15, 0.2) is 0 Å². The van der Waals surface area contributed by atoms with Crippen molar-refractivity contribution in [3.8, 4) is 0 Å². The number of carbonyl (C=O) groups is 3. The quantitative estimate of drug-likeness (QED) is 0.371. The molecule has 0 aromatic heterocycles. The molecule has 0 aliphatic rings. The highest BCUT2D eigenvalue weighted by Gasteiger charge is 2.12. The highest BCUT2D eigenvalue weighted by atomic mass is 32.1. The molecule has 0 aromatic rings. The largest absolute Gasteiger partial charge is 0.356 e. The standard InChI is InChI=1S/C10H19N3O3S2/c1-7(14)11-3-2-8(13-10(16)6-18)4-12-9(15)5-17/h8,17-18H,2-6H2,1H3,(H,11,14)(H,12,15)(H,13,16). The van der Waals surface area contributed by atoms with Gasteiger partial charge in [0.2, 0.25) is 17.7 Å². The third kappa shape index (κ3) is 9.17. The predicted molar refractivity (Wildman–Crippen MR) is 75.9 cm³/mol. The Kier molecular flexibility index (Phi) is 9.57. The second kappa shape index (κ2) is 10.1. The van der Waals surface area contributed by atoms with Crippen LogP contribution in [0, 0.1) is 0 Å². The van der Waals surface area contributed by atoms with Crippen LogP contribution in [-0.2, 0) is 14.4 Å². The lowest BCUT2D eigenvalue weighted by Crippen LogP contribution is -2.46. The molecule has 3 N–H and O–H groups in total. The molecule has 0 spiro atoms. The van der Waals surface area contributed by atoms with E-state index in [-0.39, 0.29) is 35.3 Å². The summed E-state index contributed by atoms with van der Waals surface area (Å²) in [6, 6.07) is -0.236. The molecule has 0 bridgehead atoms. The molecule has 0 aromatic carbocycles. The van der Waals surface area contributed by atoms with Gasteiger partial charge in [0, 0.05) is 26.1 Å². The first-order valence-corrected chi connectivity index (χ1v) is 6.78. The van der Waals surface area contributed by atoms with Crippen molar-refractivity contribution in [2.24, 2.45) is 0 Å². The average molecular weight is 293 g/mol. The molecule has 1 unspecified atom stereocenters. The van der Waals surface area contributed by atoms with E-state index in [0.29, 0.717) is 19.5 Å². The van der Waals surface area contributed by atoms with Gasteiger partial charge in [0.05, 0.1) is 11.5 Å². The van der Waals surface area contributed by atoms with Crippen molar-refractivity contribution in [2.45, 2.75) is 19.4 Å². The van der Waals surface area contributed by atoms with E-state index in [1.807, 2.05) is 0 Å². The Morgan fingerprint density at radius 1 is 1.06 bits per heavy atom. The van der Waals surface area contributed by atoms with E-state index in [0.717, 1.165) is 0 Å². The predicted octanol–water partition coefficient (Wildman–Crippen LogP) is -1.03. The molecule has 104 valence electrons. The smallest absolute Gasteiger partial charge is 0.230 e. The number of carbonyl (C=O) groups excluding carboxylic acids is 3. The summed E-state index contributed by atoms with van der Waals surface area (Å²) < 4.78 is 0. The van der Waals surface area contributed by atoms with Crippen molar-refractivity contribution in [2.75, 3.05) is 24.6 Å². The van der Waals surface area contributed by atoms with Crippen LogP contribution in [0.3, 0.4) is 0 Å². The molecular formula is C10H19N3O3S2. The lowest BCUT2D eigenvalue weighted by Gasteiger charge is -2.19. The summed E-state index contributed by atoms with van der Waals surface area (Å²) in [5.41, 5.74) is 0. The van der Waals surface area contributed by atoms with Gasteiger partial charge in [-0.1, -0.05) is 0 Å². The Labute approximate surface area is 117 Å². The summed E-state index contributed by atoms with van der Waals surface area (Å²) >= 11 is 7.69. The van der Waals surface area contributed by atoms with Crippen molar-refractivity contribution in [1.82, 2.24) is 16.0 Å². The van der Waals surface area contributed by atoms with Crippen LogP contribution in [0.4, 0.5) is 0 Å². The lowest BCUT2D eigenvalue weighted by atomic mass is 10.2. The number of amides is 3. The first-order chi connectivity index (χ1) is 8.49. The van der Waals surface area contributed by atoms with Crippen molar-refractivity contribution in [3.05, 3.63) is 0 Å². The SMILES string of the molecule is CC(=O)NCCC(CNC(=O)CS)NC(=O)CS. The third-order valence-corrected chi connectivity index (χ3v) is 2.64. The van der Waals surface area contributed by atoms with Crippen molar-refractivity contribution >= 4 is 43.0 Å². The van der Waals surface area contributed by atoms with Gasteiger partial charge in [-0.2, -0.15) is 25.3 Å². The molecule has 0 saturated carbocycles. The molecule has 3 amide bonds. The van der Waals surface area contributed by atoms with E-state index in [9.17, 15) is 14.4 Å². The Hall–Kier alpha value is -0.890. The number of hydrogen-bond acceptors (Lipinski definition) is 5. The van der Waals surface area contributed by atoms with Crippen LogP contribution < -0.4 is 16.0 Å². The van der Waals surface area contributed by atoms with Gasteiger partial charge < -0.3 is 16.0 Å². The van der Waals surface area contributed by atoms with Gasteiger partial charge in [-0.05, 0) is 6.42 Å². The first-order valence-electron chi connectivity index (χ1n) is 5.51. The lowest BCUT2D eigenvalue weighted by molar-refractivity contribution is -0.121. The van der Waals surface area contributed by atoms with Gasteiger partial charge >= 0.3 is 0 Å². The minimum Gasteiger partial charge on any atom is -0.356 e. The second-order valence-electron chi connectivity index (χ2n) is 3.66. The van der Waals surface area contributed by atoms with Crippen LogP contribution >= 0.6 is 25.3 Å². The normalized spacial score (nSPS) is 11.5. The minimum absolute atomic E-state index is 0.0805. The summed E-state index contributed by atoms with van der Waals surface area (Å²) in [6.45, 7) is 2.16. The van der Waals surface area contributed by atoms with E-state index < -0.39 is 0 Å². The molecule has 0 aliphatic heterocycles. The van der Waals surface area contributed by atoms with Gasteiger partial charge in [0.15, 0.2) is 0 Å². The molecule has 0 saturated heterocycles. The second-order valence-corrected chi connectivity index (χ2v) is 4.29. The van der Waals surface area contributed by atoms with Gasteiger partial charge in [-0.3, -0.25) is 14.4 Å². The Bertz CT molecular complexity index is 300. The average Bonchev–Trinajstić information content (AvgIpc) is 2.34. The molecular weight excluding hydrogens is 274 g/mol. The molecule has 0 fully saturated rings. The molecule has 6 nitrogen and oxygen atoms in total. The monoisotopic (exact) mass is 293 g/mol. The Morgan fingerprint density at radius 2 is 1.67 bits per heavy atom. The van der Waals surface area contributed by atoms with Crippen molar-refractivity contribution in [3.63, 3.8) is 0 Å². The fourth-order valence-electron chi connectivity index (χ4n) is 1.21. The summed E-state index contributed by atoms with van der Waals surface area (Å²) in [5, 5.41) is 7.98. The zero-order chi connectivity index (χ0) is 14.0. The first kappa shape index (κ1) is 17.1. The zero-order valence-corrected chi connectivity index (χ0v) is 12.0. The molecule has 18 heavy (non-hydrogen) atoms. The van der Waals surface area contributed by atoms with E-state index in [1.54, 1.807) is 0 Å². The van der Waals surface area contributed by atoms with Gasteiger partial charge in [0.25, 0.3) is 0 Å². The topological polar surface area (TPSA) is 87.3 Å². The van der Waals surface area contributed by atoms with E-state index >= 15 is 0 Å².